The zero-order valence-electron chi connectivity index (χ0n) is 17.3. The van der Waals surface area contributed by atoms with Gasteiger partial charge in [-0.25, -0.2) is 9.67 Å². The fraction of sp³-hybridized carbons (Fsp3) is 0.684. The van der Waals surface area contributed by atoms with E-state index >= 15 is 0 Å². The summed E-state index contributed by atoms with van der Waals surface area (Å²) in [5, 5.41) is 7.54. The molecule has 0 amide bonds. The highest BCUT2D eigenvalue weighted by molar-refractivity contribution is 5.36. The molecule has 0 aromatic carbocycles. The minimum Gasteiger partial charge on any atom is -0.469 e. The largest absolute Gasteiger partial charge is 0.469 e. The van der Waals surface area contributed by atoms with E-state index in [1.165, 1.54) is 0 Å². The summed E-state index contributed by atoms with van der Waals surface area (Å²) in [6, 6.07) is 0.410. The molecule has 2 aliphatic rings. The van der Waals surface area contributed by atoms with Crippen molar-refractivity contribution in [1.29, 1.82) is 0 Å². The maximum Gasteiger partial charge on any atom is 0.423 e. The number of halogens is 3. The molecule has 1 aliphatic carbocycles. The first-order chi connectivity index (χ1) is 14.8. The predicted molar refractivity (Wildman–Crippen MR) is 103 cm³/mol. The average molecular weight is 442 g/mol. The van der Waals surface area contributed by atoms with Crippen LogP contribution < -0.4 is 14.8 Å². The van der Waals surface area contributed by atoms with Gasteiger partial charge < -0.3 is 19.5 Å². The van der Waals surface area contributed by atoms with Crippen LogP contribution in [0.5, 0.6) is 11.9 Å². The maximum atomic E-state index is 13.3. The van der Waals surface area contributed by atoms with Gasteiger partial charge in [0.2, 0.25) is 11.8 Å². The van der Waals surface area contributed by atoms with Crippen LogP contribution in [0.3, 0.4) is 0 Å². The molecule has 1 aliphatic heterocycles. The SMILES string of the molecule is CC(C)Oc1ncn([C@H]2CCC[C@@H](Nc3ncc(C(F)(F)F)c(OC4COC4)n3)C2)n1. The molecule has 0 unspecified atom stereocenters. The third-order valence-corrected chi connectivity index (χ3v) is 5.13. The van der Waals surface area contributed by atoms with Crippen LogP contribution in [-0.2, 0) is 10.9 Å². The molecule has 1 saturated carbocycles. The van der Waals surface area contributed by atoms with Crippen molar-refractivity contribution in [2.24, 2.45) is 0 Å². The monoisotopic (exact) mass is 442 g/mol. The first-order valence-corrected chi connectivity index (χ1v) is 10.3. The molecule has 3 heterocycles. The summed E-state index contributed by atoms with van der Waals surface area (Å²) >= 11 is 0. The van der Waals surface area contributed by atoms with Gasteiger partial charge in [0.05, 0.1) is 25.4 Å². The molecule has 0 radical (unpaired) electrons. The molecule has 170 valence electrons. The summed E-state index contributed by atoms with van der Waals surface area (Å²) < 4.78 is 57.5. The van der Waals surface area contributed by atoms with Crippen molar-refractivity contribution < 1.29 is 27.4 Å². The second kappa shape index (κ2) is 8.85. The average Bonchev–Trinajstić information content (AvgIpc) is 3.12. The first kappa shape index (κ1) is 21.6. The molecule has 9 nitrogen and oxygen atoms in total. The number of anilines is 1. The Morgan fingerprint density at radius 2 is 2.03 bits per heavy atom. The van der Waals surface area contributed by atoms with Crippen LogP contribution in [0.1, 0.15) is 51.1 Å². The van der Waals surface area contributed by atoms with E-state index in [0.717, 1.165) is 25.5 Å². The highest BCUT2D eigenvalue weighted by Gasteiger charge is 2.38. The van der Waals surface area contributed by atoms with Crippen molar-refractivity contribution in [1.82, 2.24) is 24.7 Å². The third kappa shape index (κ3) is 5.35. The summed E-state index contributed by atoms with van der Waals surface area (Å²) in [5.41, 5.74) is -0.994. The van der Waals surface area contributed by atoms with Crippen LogP contribution in [0.4, 0.5) is 19.1 Å². The number of ether oxygens (including phenoxy) is 3. The van der Waals surface area contributed by atoms with Gasteiger partial charge in [-0.3, -0.25) is 0 Å². The minimum absolute atomic E-state index is 0.0173. The molecular weight excluding hydrogens is 417 g/mol. The molecule has 1 saturated heterocycles. The van der Waals surface area contributed by atoms with Crippen LogP contribution in [-0.4, -0.2) is 56.2 Å². The van der Waals surface area contributed by atoms with Crippen molar-refractivity contribution >= 4 is 5.95 Å². The number of nitrogens with zero attached hydrogens (tertiary/aromatic N) is 5. The maximum absolute atomic E-state index is 13.3. The van der Waals surface area contributed by atoms with Gasteiger partial charge in [0.15, 0.2) is 0 Å². The van der Waals surface area contributed by atoms with Crippen molar-refractivity contribution in [3.05, 3.63) is 18.1 Å². The third-order valence-electron chi connectivity index (χ3n) is 5.13. The van der Waals surface area contributed by atoms with Crippen LogP contribution >= 0.6 is 0 Å². The van der Waals surface area contributed by atoms with E-state index in [2.05, 4.69) is 25.4 Å². The Bertz CT molecular complexity index is 887. The zero-order chi connectivity index (χ0) is 22.0. The van der Waals surface area contributed by atoms with E-state index < -0.39 is 23.7 Å². The Kier molecular flexibility index (Phi) is 6.17. The van der Waals surface area contributed by atoms with Gasteiger partial charge in [-0.05, 0) is 39.5 Å². The Labute approximate surface area is 177 Å². The number of hydrogen-bond acceptors (Lipinski definition) is 8. The Morgan fingerprint density at radius 1 is 1.23 bits per heavy atom. The number of alkyl halides is 3. The van der Waals surface area contributed by atoms with Gasteiger partial charge in [-0.15, -0.1) is 5.10 Å². The molecule has 0 spiro atoms. The number of hydrogen-bond donors (Lipinski definition) is 1. The van der Waals surface area contributed by atoms with Crippen molar-refractivity contribution in [2.45, 2.75) is 70.0 Å². The Hall–Kier alpha value is -2.63. The van der Waals surface area contributed by atoms with E-state index in [1.807, 2.05) is 13.8 Å². The van der Waals surface area contributed by atoms with Gasteiger partial charge >= 0.3 is 12.2 Å². The lowest BCUT2D eigenvalue weighted by molar-refractivity contribution is -0.142. The lowest BCUT2D eigenvalue weighted by atomic mass is 9.91. The first-order valence-electron chi connectivity index (χ1n) is 10.3. The van der Waals surface area contributed by atoms with E-state index in [0.29, 0.717) is 12.4 Å². The van der Waals surface area contributed by atoms with Crippen molar-refractivity contribution in [3.63, 3.8) is 0 Å². The van der Waals surface area contributed by atoms with E-state index in [4.69, 9.17) is 14.2 Å². The zero-order valence-corrected chi connectivity index (χ0v) is 17.3. The highest BCUT2D eigenvalue weighted by atomic mass is 19.4. The fourth-order valence-electron chi connectivity index (χ4n) is 3.58. The Balaban J connectivity index is 1.44. The smallest absolute Gasteiger partial charge is 0.423 e. The van der Waals surface area contributed by atoms with E-state index in [1.54, 1.807) is 11.0 Å². The summed E-state index contributed by atoms with van der Waals surface area (Å²) in [7, 11) is 0. The number of rotatable bonds is 7. The molecule has 2 fully saturated rings. The van der Waals surface area contributed by atoms with Gasteiger partial charge in [-0.2, -0.15) is 23.1 Å². The van der Waals surface area contributed by atoms with Gasteiger partial charge in [0.1, 0.15) is 18.0 Å². The van der Waals surface area contributed by atoms with Crippen LogP contribution in [0, 0.1) is 0 Å². The fourth-order valence-corrected chi connectivity index (χ4v) is 3.58. The lowest BCUT2D eigenvalue weighted by Gasteiger charge is -2.30. The van der Waals surface area contributed by atoms with E-state index in [9.17, 15) is 13.2 Å². The van der Waals surface area contributed by atoms with Crippen LogP contribution in [0.25, 0.3) is 0 Å². The van der Waals surface area contributed by atoms with Crippen molar-refractivity contribution in [3.8, 4) is 11.9 Å². The van der Waals surface area contributed by atoms with E-state index in [-0.39, 0.29) is 37.3 Å². The van der Waals surface area contributed by atoms with Gasteiger partial charge in [0.25, 0.3) is 0 Å². The molecular formula is C19H25F3N6O3. The Morgan fingerprint density at radius 3 is 2.71 bits per heavy atom. The van der Waals surface area contributed by atoms with Gasteiger partial charge in [0, 0.05) is 12.2 Å². The topological polar surface area (TPSA) is 96.2 Å². The number of nitrogens with one attached hydrogen (secondary N) is 1. The molecule has 31 heavy (non-hydrogen) atoms. The molecule has 4 rings (SSSR count). The quantitative estimate of drug-likeness (QED) is 0.698. The summed E-state index contributed by atoms with van der Waals surface area (Å²) in [4.78, 5) is 12.1. The second-order valence-corrected chi connectivity index (χ2v) is 8.02. The van der Waals surface area contributed by atoms with Crippen LogP contribution in [0.15, 0.2) is 12.5 Å². The predicted octanol–water partition coefficient (Wildman–Crippen LogP) is 3.25. The second-order valence-electron chi connectivity index (χ2n) is 8.02. The molecule has 2 atom stereocenters. The lowest BCUT2D eigenvalue weighted by Crippen LogP contribution is -2.39. The normalized spacial score (nSPS) is 22.3. The summed E-state index contributed by atoms with van der Waals surface area (Å²) in [5.74, 6) is -0.367. The standard InChI is InChI=1S/C19H25F3N6O3/c1-11(2)30-18-24-10-28(27-18)13-5-3-4-12(6-13)25-17-23-7-15(19(20,21)22)16(26-17)31-14-8-29-9-14/h7,10-14H,3-6,8-9H2,1-2H3,(H,23,25,26)/t12-,13+/m1/s1. The molecule has 1 N–H and O–H groups in total. The van der Waals surface area contributed by atoms with Gasteiger partial charge in [-0.1, -0.05) is 0 Å². The summed E-state index contributed by atoms with van der Waals surface area (Å²) in [6.45, 7) is 4.30. The molecule has 12 heteroatoms. The molecule has 2 aromatic heterocycles. The highest BCUT2D eigenvalue weighted by Crippen LogP contribution is 2.36. The molecule has 0 bridgehead atoms. The number of aromatic nitrogens is 5. The van der Waals surface area contributed by atoms with Crippen molar-refractivity contribution in [2.75, 3.05) is 18.5 Å². The van der Waals surface area contributed by atoms with Crippen LogP contribution in [0.2, 0.25) is 0 Å². The summed E-state index contributed by atoms with van der Waals surface area (Å²) in [6.07, 6.45) is 0.757. The molecule has 2 aromatic rings. The minimum atomic E-state index is -4.60.